The second kappa shape index (κ2) is 10.8. The summed E-state index contributed by atoms with van der Waals surface area (Å²) in [6.07, 6.45) is 2.51. The van der Waals surface area contributed by atoms with Crippen molar-refractivity contribution in [2.45, 2.75) is 50.6 Å². The average Bonchev–Trinajstić information content (AvgIpc) is 2.74. The molecule has 8 nitrogen and oxygen atoms in total. The molecule has 168 valence electrons. The molecule has 0 bridgehead atoms. The normalized spacial score (nSPS) is 16.2. The lowest BCUT2D eigenvalue weighted by molar-refractivity contribution is -0.121. The molecule has 0 atom stereocenters. The summed E-state index contributed by atoms with van der Waals surface area (Å²) in [6.45, 7) is 5.98. The van der Waals surface area contributed by atoms with E-state index in [2.05, 4.69) is 20.5 Å². The van der Waals surface area contributed by atoms with Crippen LogP contribution in [0, 0.1) is 5.92 Å². The SMILES string of the molecule is CN=C(NCc1ccc(S(=O)(=O)N(C)C(C)C)cc1)N1CCC(CC(=O)NC)CC1. The lowest BCUT2D eigenvalue weighted by atomic mass is 9.93. The molecule has 0 radical (unpaired) electrons. The van der Waals surface area contributed by atoms with Crippen LogP contribution in [0.2, 0.25) is 0 Å². The van der Waals surface area contributed by atoms with Gasteiger partial charge < -0.3 is 15.5 Å². The zero-order valence-electron chi connectivity index (χ0n) is 18.7. The zero-order valence-corrected chi connectivity index (χ0v) is 19.5. The first-order valence-corrected chi connectivity index (χ1v) is 11.9. The summed E-state index contributed by atoms with van der Waals surface area (Å²) in [5, 5.41) is 6.05. The van der Waals surface area contributed by atoms with Crippen LogP contribution in [0.5, 0.6) is 0 Å². The quantitative estimate of drug-likeness (QED) is 0.500. The number of nitrogens with zero attached hydrogens (tertiary/aromatic N) is 3. The van der Waals surface area contributed by atoms with Crippen molar-refractivity contribution in [2.75, 3.05) is 34.2 Å². The van der Waals surface area contributed by atoms with E-state index in [1.54, 1.807) is 33.3 Å². The number of amides is 1. The standard InChI is InChI=1S/C21H35N5O3S/c1-16(2)25(5)30(28,29)19-8-6-18(7-9-19)15-24-21(23-4)26-12-10-17(11-13-26)14-20(27)22-3/h6-9,16-17H,10-15H2,1-5H3,(H,22,27)(H,23,24). The average molecular weight is 438 g/mol. The van der Waals surface area contributed by atoms with Crippen LogP contribution in [0.3, 0.4) is 0 Å². The first-order chi connectivity index (χ1) is 14.2. The molecular weight excluding hydrogens is 402 g/mol. The smallest absolute Gasteiger partial charge is 0.243 e. The van der Waals surface area contributed by atoms with Gasteiger partial charge >= 0.3 is 0 Å². The van der Waals surface area contributed by atoms with Crippen molar-refractivity contribution in [1.82, 2.24) is 19.8 Å². The topological polar surface area (TPSA) is 94.1 Å². The van der Waals surface area contributed by atoms with E-state index in [0.29, 0.717) is 23.8 Å². The van der Waals surface area contributed by atoms with E-state index in [1.165, 1.54) is 4.31 Å². The predicted octanol–water partition coefficient (Wildman–Crippen LogP) is 1.64. The molecule has 1 aliphatic heterocycles. The maximum atomic E-state index is 12.6. The highest BCUT2D eigenvalue weighted by molar-refractivity contribution is 7.89. The molecule has 1 heterocycles. The first-order valence-electron chi connectivity index (χ1n) is 10.4. The van der Waals surface area contributed by atoms with Gasteiger partial charge in [-0.05, 0) is 50.3 Å². The number of hydrogen-bond donors (Lipinski definition) is 2. The van der Waals surface area contributed by atoms with E-state index in [-0.39, 0.29) is 11.9 Å². The van der Waals surface area contributed by atoms with Gasteiger partial charge in [0, 0.05) is 53.2 Å². The van der Waals surface area contributed by atoms with E-state index in [1.807, 2.05) is 26.0 Å². The summed E-state index contributed by atoms with van der Waals surface area (Å²) in [5.41, 5.74) is 0.983. The Morgan fingerprint density at radius 3 is 2.33 bits per heavy atom. The minimum atomic E-state index is -3.47. The fraction of sp³-hybridized carbons (Fsp3) is 0.619. The highest BCUT2D eigenvalue weighted by Crippen LogP contribution is 2.21. The second-order valence-corrected chi connectivity index (χ2v) is 9.96. The van der Waals surface area contributed by atoms with Crippen LogP contribution in [0.15, 0.2) is 34.2 Å². The number of aliphatic imine (C=N–C) groups is 1. The number of piperidine rings is 1. The predicted molar refractivity (Wildman–Crippen MR) is 120 cm³/mol. The molecular formula is C21H35N5O3S. The minimum Gasteiger partial charge on any atom is -0.359 e. The Morgan fingerprint density at radius 1 is 1.23 bits per heavy atom. The van der Waals surface area contributed by atoms with Crippen LogP contribution in [-0.2, 0) is 21.4 Å². The Morgan fingerprint density at radius 2 is 1.83 bits per heavy atom. The molecule has 0 spiro atoms. The van der Waals surface area contributed by atoms with Crippen molar-refractivity contribution >= 4 is 21.9 Å². The van der Waals surface area contributed by atoms with Crippen LogP contribution in [0.4, 0.5) is 0 Å². The van der Waals surface area contributed by atoms with Crippen molar-refractivity contribution in [3.63, 3.8) is 0 Å². The van der Waals surface area contributed by atoms with E-state index in [9.17, 15) is 13.2 Å². The van der Waals surface area contributed by atoms with Gasteiger partial charge in [0.05, 0.1) is 4.90 Å². The summed E-state index contributed by atoms with van der Waals surface area (Å²) < 4.78 is 26.5. The van der Waals surface area contributed by atoms with Gasteiger partial charge in [-0.15, -0.1) is 0 Å². The number of carbonyl (C=O) groups excluding carboxylic acids is 1. The Balaban J connectivity index is 1.91. The van der Waals surface area contributed by atoms with E-state index in [0.717, 1.165) is 37.5 Å². The largest absolute Gasteiger partial charge is 0.359 e. The molecule has 1 aromatic rings. The molecule has 1 aliphatic rings. The van der Waals surface area contributed by atoms with Gasteiger partial charge in [-0.1, -0.05) is 12.1 Å². The number of sulfonamides is 1. The van der Waals surface area contributed by atoms with Crippen LogP contribution in [-0.4, -0.2) is 69.8 Å². The molecule has 1 fully saturated rings. The number of hydrogen-bond acceptors (Lipinski definition) is 4. The third kappa shape index (κ3) is 6.18. The molecule has 0 aromatic heterocycles. The lowest BCUT2D eigenvalue weighted by Crippen LogP contribution is -2.45. The second-order valence-electron chi connectivity index (χ2n) is 7.97. The molecule has 1 saturated heterocycles. The fourth-order valence-corrected chi connectivity index (χ4v) is 4.82. The summed E-state index contributed by atoms with van der Waals surface area (Å²) in [5.74, 6) is 1.34. The van der Waals surface area contributed by atoms with Crippen molar-refractivity contribution in [3.05, 3.63) is 29.8 Å². The van der Waals surface area contributed by atoms with Crippen LogP contribution < -0.4 is 10.6 Å². The van der Waals surface area contributed by atoms with Crippen molar-refractivity contribution in [1.29, 1.82) is 0 Å². The maximum absolute atomic E-state index is 12.6. The molecule has 2 N–H and O–H groups in total. The Labute approximate surface area is 180 Å². The van der Waals surface area contributed by atoms with Crippen LogP contribution in [0.25, 0.3) is 0 Å². The van der Waals surface area contributed by atoms with Crippen molar-refractivity contribution in [3.8, 4) is 0 Å². The summed E-state index contributed by atoms with van der Waals surface area (Å²) in [4.78, 5) is 18.4. The number of benzene rings is 1. The van der Waals surface area contributed by atoms with Crippen LogP contribution in [0.1, 0.15) is 38.7 Å². The molecule has 0 aliphatic carbocycles. The fourth-order valence-electron chi connectivity index (χ4n) is 3.45. The molecule has 30 heavy (non-hydrogen) atoms. The Kier molecular flexibility index (Phi) is 8.66. The lowest BCUT2D eigenvalue weighted by Gasteiger charge is -2.34. The molecule has 2 rings (SSSR count). The Bertz CT molecular complexity index is 829. The van der Waals surface area contributed by atoms with E-state index >= 15 is 0 Å². The number of guanidine groups is 1. The third-order valence-corrected chi connectivity index (χ3v) is 7.70. The van der Waals surface area contributed by atoms with Crippen molar-refractivity contribution < 1.29 is 13.2 Å². The van der Waals surface area contributed by atoms with Crippen LogP contribution >= 0.6 is 0 Å². The van der Waals surface area contributed by atoms with E-state index < -0.39 is 10.0 Å². The summed E-state index contributed by atoms with van der Waals surface area (Å²) in [6, 6.07) is 6.87. The zero-order chi connectivity index (χ0) is 22.3. The molecule has 1 amide bonds. The van der Waals surface area contributed by atoms with Gasteiger partial charge in [0.2, 0.25) is 15.9 Å². The number of nitrogens with one attached hydrogen (secondary N) is 2. The number of likely N-dealkylation sites (tertiary alicyclic amines) is 1. The van der Waals surface area contributed by atoms with E-state index in [4.69, 9.17) is 0 Å². The van der Waals surface area contributed by atoms with Gasteiger partial charge in [-0.2, -0.15) is 4.31 Å². The van der Waals surface area contributed by atoms with Gasteiger partial charge in [-0.3, -0.25) is 9.79 Å². The van der Waals surface area contributed by atoms with Gasteiger partial charge in [0.25, 0.3) is 0 Å². The van der Waals surface area contributed by atoms with Gasteiger partial charge in [0.1, 0.15) is 0 Å². The molecule has 0 unspecified atom stereocenters. The first kappa shape index (κ1) is 24.1. The molecule has 9 heteroatoms. The van der Waals surface area contributed by atoms with Gasteiger partial charge in [-0.25, -0.2) is 8.42 Å². The maximum Gasteiger partial charge on any atom is 0.243 e. The van der Waals surface area contributed by atoms with Crippen molar-refractivity contribution in [2.24, 2.45) is 10.9 Å². The monoisotopic (exact) mass is 437 g/mol. The number of carbonyl (C=O) groups is 1. The molecule has 1 aromatic carbocycles. The third-order valence-electron chi connectivity index (χ3n) is 5.66. The number of rotatable bonds is 7. The molecule has 0 saturated carbocycles. The minimum absolute atomic E-state index is 0.0971. The summed E-state index contributed by atoms with van der Waals surface area (Å²) in [7, 11) is 1.56. The van der Waals surface area contributed by atoms with Gasteiger partial charge in [0.15, 0.2) is 5.96 Å². The Hall–Kier alpha value is -2.13. The highest BCUT2D eigenvalue weighted by atomic mass is 32.2. The highest BCUT2D eigenvalue weighted by Gasteiger charge is 2.24. The summed E-state index contributed by atoms with van der Waals surface area (Å²) >= 11 is 0.